The van der Waals surface area contributed by atoms with Gasteiger partial charge in [-0.25, -0.2) is 0 Å². The van der Waals surface area contributed by atoms with E-state index in [0.29, 0.717) is 0 Å². The van der Waals surface area contributed by atoms with E-state index in [-0.39, 0.29) is 10.8 Å². The average molecular weight is 599 g/mol. The van der Waals surface area contributed by atoms with Gasteiger partial charge in [-0.05, 0) is 94.5 Å². The van der Waals surface area contributed by atoms with E-state index >= 15 is 0 Å². The minimum absolute atomic E-state index is 0.0864. The van der Waals surface area contributed by atoms with E-state index < -0.39 is 0 Å². The van der Waals surface area contributed by atoms with Gasteiger partial charge in [0.2, 0.25) is 0 Å². The minimum atomic E-state index is 0.0864. The molecule has 0 amide bonds. The van der Waals surface area contributed by atoms with Crippen LogP contribution in [0.1, 0.15) is 70.3 Å². The Kier molecular flexibility index (Phi) is 6.45. The Hall–Kier alpha value is -4.82. The Bertz CT molecular complexity index is 2320. The van der Waals surface area contributed by atoms with Gasteiger partial charge in [-0.3, -0.25) is 0 Å². The van der Waals surface area contributed by atoms with Crippen molar-refractivity contribution in [2.75, 3.05) is 0 Å². The molecule has 1 aliphatic carbocycles. The van der Waals surface area contributed by atoms with E-state index in [0.717, 1.165) is 12.8 Å². The second-order valence-corrected chi connectivity index (χ2v) is 15.1. The van der Waals surface area contributed by atoms with Crippen LogP contribution in [-0.2, 0) is 17.3 Å². The number of para-hydroxylation sites is 1. The van der Waals surface area contributed by atoms with Gasteiger partial charge in [0.05, 0.1) is 16.6 Å². The van der Waals surface area contributed by atoms with Gasteiger partial charge in [0.15, 0.2) is 0 Å². The van der Waals surface area contributed by atoms with Crippen LogP contribution in [-0.4, -0.2) is 9.13 Å². The SMILES string of the molecule is CC(C)(C)c1ccc2c(c1)c1ccccc1n2-c1cccc(-c2cccc(-n3c4c(c5ccc(C(C)(C)C)cc53)C=CCC4)c2)c1. The van der Waals surface area contributed by atoms with Crippen LogP contribution in [0, 0.1) is 0 Å². The van der Waals surface area contributed by atoms with Gasteiger partial charge in [0.25, 0.3) is 0 Å². The van der Waals surface area contributed by atoms with Crippen molar-refractivity contribution in [1.82, 2.24) is 9.13 Å². The summed E-state index contributed by atoms with van der Waals surface area (Å²) in [5.41, 5.74) is 14.3. The molecule has 2 nitrogen and oxygen atoms in total. The fourth-order valence-electron chi connectivity index (χ4n) is 7.35. The molecule has 0 spiro atoms. The zero-order valence-electron chi connectivity index (χ0n) is 27.9. The molecule has 0 atom stereocenters. The molecule has 0 saturated carbocycles. The van der Waals surface area contributed by atoms with E-state index in [9.17, 15) is 0 Å². The maximum absolute atomic E-state index is 2.52. The van der Waals surface area contributed by atoms with Crippen LogP contribution >= 0.6 is 0 Å². The van der Waals surface area contributed by atoms with Crippen molar-refractivity contribution in [3.63, 3.8) is 0 Å². The Labute approximate surface area is 272 Å². The van der Waals surface area contributed by atoms with Crippen molar-refractivity contribution >= 4 is 38.8 Å². The van der Waals surface area contributed by atoms with Crippen molar-refractivity contribution in [2.45, 2.75) is 65.2 Å². The summed E-state index contributed by atoms with van der Waals surface area (Å²) in [5, 5.41) is 3.94. The van der Waals surface area contributed by atoms with Gasteiger partial charge in [-0.15, -0.1) is 0 Å². The predicted molar refractivity (Wildman–Crippen MR) is 198 cm³/mol. The smallest absolute Gasteiger partial charge is 0.0541 e. The average Bonchev–Trinajstić information content (AvgIpc) is 3.56. The second kappa shape index (κ2) is 10.4. The molecule has 1 aliphatic rings. The summed E-state index contributed by atoms with van der Waals surface area (Å²) in [6.45, 7) is 13.8. The van der Waals surface area contributed by atoms with E-state index in [2.05, 4.69) is 172 Å². The molecule has 2 aromatic heterocycles. The highest BCUT2D eigenvalue weighted by Crippen LogP contribution is 2.39. The van der Waals surface area contributed by atoms with Crippen molar-refractivity contribution in [1.29, 1.82) is 0 Å². The number of fused-ring (bicyclic) bond motifs is 6. The first-order valence-electron chi connectivity index (χ1n) is 16.7. The Morgan fingerprint density at radius 2 is 1.13 bits per heavy atom. The first kappa shape index (κ1) is 28.6. The van der Waals surface area contributed by atoms with Crippen molar-refractivity contribution in [2.24, 2.45) is 0 Å². The van der Waals surface area contributed by atoms with E-state index in [1.54, 1.807) is 0 Å². The lowest BCUT2D eigenvalue weighted by Crippen LogP contribution is -2.11. The van der Waals surface area contributed by atoms with Gasteiger partial charge in [0, 0.05) is 38.8 Å². The van der Waals surface area contributed by atoms with E-state index in [1.807, 2.05) is 0 Å². The van der Waals surface area contributed by atoms with Gasteiger partial charge in [-0.1, -0.05) is 114 Å². The number of hydrogen-bond donors (Lipinski definition) is 0. The van der Waals surface area contributed by atoms with E-state index in [4.69, 9.17) is 0 Å². The zero-order chi connectivity index (χ0) is 31.8. The lowest BCUT2D eigenvalue weighted by molar-refractivity contribution is 0.590. The summed E-state index contributed by atoms with van der Waals surface area (Å²) in [7, 11) is 0. The van der Waals surface area contributed by atoms with Gasteiger partial charge < -0.3 is 9.13 Å². The third-order valence-electron chi connectivity index (χ3n) is 9.89. The molecule has 2 heterocycles. The molecular formula is C44H42N2. The molecule has 5 aromatic carbocycles. The fraction of sp³-hybridized carbons (Fsp3) is 0.227. The Balaban J connectivity index is 1.28. The quantitative estimate of drug-likeness (QED) is 0.191. The van der Waals surface area contributed by atoms with Crippen LogP contribution in [0.5, 0.6) is 0 Å². The van der Waals surface area contributed by atoms with Crippen LogP contribution in [0.3, 0.4) is 0 Å². The van der Waals surface area contributed by atoms with Crippen LogP contribution in [0.25, 0.3) is 61.3 Å². The number of allylic oxidation sites excluding steroid dienone is 1. The maximum atomic E-state index is 2.52. The molecule has 228 valence electrons. The lowest BCUT2D eigenvalue weighted by atomic mass is 9.86. The summed E-state index contributed by atoms with van der Waals surface area (Å²) in [6.07, 6.45) is 6.78. The van der Waals surface area contributed by atoms with Gasteiger partial charge in [-0.2, -0.15) is 0 Å². The van der Waals surface area contributed by atoms with Crippen LogP contribution < -0.4 is 0 Å². The summed E-state index contributed by atoms with van der Waals surface area (Å²) < 4.78 is 4.96. The Morgan fingerprint density at radius 1 is 0.500 bits per heavy atom. The summed E-state index contributed by atoms with van der Waals surface area (Å²) in [5.74, 6) is 0. The number of hydrogen-bond acceptors (Lipinski definition) is 0. The largest absolute Gasteiger partial charge is 0.313 e. The molecule has 0 fully saturated rings. The maximum Gasteiger partial charge on any atom is 0.0541 e. The minimum Gasteiger partial charge on any atom is -0.313 e. The predicted octanol–water partition coefficient (Wildman–Crippen LogP) is 11.9. The summed E-state index contributed by atoms with van der Waals surface area (Å²) >= 11 is 0. The van der Waals surface area contributed by atoms with Gasteiger partial charge >= 0.3 is 0 Å². The molecule has 0 unspecified atom stereocenters. The molecule has 8 rings (SSSR count). The monoisotopic (exact) mass is 598 g/mol. The topological polar surface area (TPSA) is 9.86 Å². The highest BCUT2D eigenvalue weighted by Gasteiger charge is 2.22. The molecule has 7 aromatic rings. The molecule has 0 radical (unpaired) electrons. The van der Waals surface area contributed by atoms with Crippen LogP contribution in [0.15, 0.2) is 115 Å². The number of benzene rings is 5. The van der Waals surface area contributed by atoms with Crippen LogP contribution in [0.4, 0.5) is 0 Å². The van der Waals surface area contributed by atoms with Gasteiger partial charge in [0.1, 0.15) is 0 Å². The molecule has 0 N–H and O–H groups in total. The number of nitrogens with zero attached hydrogens (tertiary/aromatic N) is 2. The third kappa shape index (κ3) is 4.62. The lowest BCUT2D eigenvalue weighted by Gasteiger charge is -2.20. The summed E-state index contributed by atoms with van der Waals surface area (Å²) in [4.78, 5) is 0. The molecule has 0 saturated heterocycles. The molecular weight excluding hydrogens is 556 g/mol. The van der Waals surface area contributed by atoms with E-state index in [1.165, 1.54) is 77.6 Å². The molecule has 0 bridgehead atoms. The van der Waals surface area contributed by atoms with Crippen molar-refractivity contribution in [3.05, 3.63) is 138 Å². The fourth-order valence-corrected chi connectivity index (χ4v) is 7.35. The summed E-state index contributed by atoms with van der Waals surface area (Å²) in [6, 6.07) is 41.1. The highest BCUT2D eigenvalue weighted by molar-refractivity contribution is 6.09. The highest BCUT2D eigenvalue weighted by atomic mass is 15.0. The normalized spacial score (nSPS) is 13.6. The number of rotatable bonds is 3. The van der Waals surface area contributed by atoms with Crippen molar-refractivity contribution in [3.8, 4) is 22.5 Å². The molecule has 2 heteroatoms. The molecule has 46 heavy (non-hydrogen) atoms. The first-order chi connectivity index (χ1) is 22.1. The zero-order valence-corrected chi connectivity index (χ0v) is 27.9. The molecule has 0 aliphatic heterocycles. The first-order valence-corrected chi connectivity index (χ1v) is 16.7. The second-order valence-electron chi connectivity index (χ2n) is 15.1. The third-order valence-corrected chi connectivity index (χ3v) is 9.89. The number of aromatic nitrogens is 2. The van der Waals surface area contributed by atoms with Crippen molar-refractivity contribution < 1.29 is 0 Å². The standard InChI is InChI=1S/C44H42N2/c1-43(2,3)31-22-24-41-38(27-31)36-18-8-10-20-40(36)45(41)33-15-11-13-29(25-33)30-14-12-16-34(26-30)46-39-19-9-7-17-35(39)37-23-21-32(28-42(37)46)44(4,5)6/h7-8,10-18,20-28H,9,19H2,1-6H3. The Morgan fingerprint density at radius 3 is 1.85 bits per heavy atom. The van der Waals surface area contributed by atoms with Crippen LogP contribution in [0.2, 0.25) is 0 Å².